The number of nitrogen functional groups attached to an aromatic ring is 1. The minimum Gasteiger partial charge on any atom is -0.506 e. The van der Waals surface area contributed by atoms with Gasteiger partial charge in [-0.25, -0.2) is 14.6 Å². The SMILES string of the molecule is Cc1ccc(C(=O)NCC23CC[N+](CC4=C(C(=O)O)N5C(=O)[C@@H](NC(=O)/C(=N\OC(C)(C)C(=O)O)c6csc(N)n6)[C@H]5SC4)(CC2)CC3)c(Cl)c1O. The quantitative estimate of drug-likeness (QED) is 0.0788. The molecule has 16 nitrogen and oxygen atoms in total. The number of carbonyl (C=O) groups excluding carboxylic acids is 3. The number of aliphatic carboxylic acids is 2. The Kier molecular flexibility index (Phi) is 9.97. The van der Waals surface area contributed by atoms with Crippen molar-refractivity contribution in [2.24, 2.45) is 10.6 Å². The number of phenolic OH excluding ortho intramolecular Hbond substituents is 1. The summed E-state index contributed by atoms with van der Waals surface area (Å²) in [5.41, 5.74) is 4.86. The molecule has 5 aliphatic rings. The van der Waals surface area contributed by atoms with Crippen molar-refractivity contribution in [3.63, 3.8) is 0 Å². The van der Waals surface area contributed by atoms with E-state index in [0.717, 1.165) is 50.2 Å². The zero-order valence-electron chi connectivity index (χ0n) is 28.6. The number of β-lactam (4-membered cyclic amide) rings is 1. The predicted octanol–water partition coefficient (Wildman–Crippen LogP) is 2.15. The molecule has 0 spiro atoms. The Morgan fingerprint density at radius 2 is 1.87 bits per heavy atom. The molecule has 2 atom stereocenters. The fraction of sp³-hybridized carbons (Fsp3) is 0.485. The molecule has 0 saturated carbocycles. The molecule has 6 heterocycles. The highest BCUT2D eigenvalue weighted by Gasteiger charge is 2.56. The van der Waals surface area contributed by atoms with Crippen LogP contribution < -0.4 is 16.4 Å². The van der Waals surface area contributed by atoms with E-state index in [4.69, 9.17) is 22.2 Å². The first-order valence-electron chi connectivity index (χ1n) is 16.5. The molecule has 7 N–H and O–H groups in total. The zero-order chi connectivity index (χ0) is 37.7. The van der Waals surface area contributed by atoms with Crippen LogP contribution in [0.2, 0.25) is 5.02 Å². The molecule has 2 aromatic rings. The second-order valence-corrected chi connectivity index (χ2v) is 16.6. The van der Waals surface area contributed by atoms with Crippen molar-refractivity contribution < 1.29 is 48.6 Å². The summed E-state index contributed by atoms with van der Waals surface area (Å²) in [5.74, 6) is -4.14. The number of anilines is 1. The standard InChI is InChI=1S/C33H38ClN7O9S2/c1-16-4-5-18(20(34)24(16)42)25(43)36-15-33-6-9-41(10-7-33,11-8-33)12-17-13-51-28-22(27(45)40(28)23(17)29(46)47)38-26(44)21(19-14-52-31(35)37-19)39-50-32(2,3)30(48)49/h4-5,14,22,28H,6-13,15H2,1-3H3,(H6-,35,36,37,38,42,43,44,46,47,48,49)/p+1/b39-21-/t22-,28-,33?,41?/m1/s1. The van der Waals surface area contributed by atoms with Crippen LogP contribution in [0.25, 0.3) is 0 Å². The first-order chi connectivity index (χ1) is 24.5. The number of thiazole rings is 1. The van der Waals surface area contributed by atoms with Gasteiger partial charge in [0.2, 0.25) is 5.60 Å². The Morgan fingerprint density at radius 3 is 2.46 bits per heavy atom. The molecule has 5 aliphatic heterocycles. The van der Waals surface area contributed by atoms with Crippen molar-refractivity contribution in [1.29, 1.82) is 0 Å². The molecule has 1 aromatic heterocycles. The minimum atomic E-state index is -1.78. The molecule has 4 fully saturated rings. The van der Waals surface area contributed by atoms with Crippen molar-refractivity contribution in [1.82, 2.24) is 20.5 Å². The third-order valence-electron chi connectivity index (χ3n) is 10.5. The number of aromatic hydroxyl groups is 1. The van der Waals surface area contributed by atoms with Gasteiger partial charge in [0.05, 0.1) is 30.2 Å². The molecule has 0 aliphatic carbocycles. The molecule has 4 saturated heterocycles. The van der Waals surface area contributed by atoms with Crippen LogP contribution in [0.5, 0.6) is 5.75 Å². The van der Waals surface area contributed by atoms with Crippen LogP contribution in [-0.2, 0) is 24.0 Å². The topological polar surface area (TPSA) is 234 Å². The van der Waals surface area contributed by atoms with Crippen molar-refractivity contribution >= 4 is 75.2 Å². The number of aromatic nitrogens is 1. The number of carbonyl (C=O) groups is 5. The molecule has 278 valence electrons. The number of aryl methyl sites for hydroxylation is 1. The first-order valence-corrected chi connectivity index (χ1v) is 18.8. The smallest absolute Gasteiger partial charge is 0.352 e. The van der Waals surface area contributed by atoms with Gasteiger partial charge in [0.25, 0.3) is 17.7 Å². The average molecular weight is 777 g/mol. The van der Waals surface area contributed by atoms with E-state index in [1.807, 2.05) is 0 Å². The van der Waals surface area contributed by atoms with E-state index in [1.54, 1.807) is 19.1 Å². The largest absolute Gasteiger partial charge is 0.506 e. The molecule has 7 rings (SSSR count). The number of amides is 3. The number of phenols is 1. The second-order valence-electron chi connectivity index (χ2n) is 14.2. The highest BCUT2D eigenvalue weighted by Crippen LogP contribution is 2.46. The Morgan fingerprint density at radius 1 is 1.19 bits per heavy atom. The third kappa shape index (κ3) is 6.91. The highest BCUT2D eigenvalue weighted by molar-refractivity contribution is 8.00. The summed E-state index contributed by atoms with van der Waals surface area (Å²) in [4.78, 5) is 74.5. The van der Waals surface area contributed by atoms with Gasteiger partial charge in [0.1, 0.15) is 35.1 Å². The Labute approximate surface area is 311 Å². The first kappa shape index (κ1) is 37.4. The molecular weight excluding hydrogens is 738 g/mol. The van der Waals surface area contributed by atoms with Crippen LogP contribution in [0.4, 0.5) is 5.13 Å². The normalized spacial score (nSPS) is 25.7. The van der Waals surface area contributed by atoms with Gasteiger partial charge in [0, 0.05) is 47.9 Å². The number of nitrogens with one attached hydrogen (secondary N) is 2. The van der Waals surface area contributed by atoms with Gasteiger partial charge in [-0.1, -0.05) is 22.8 Å². The Balaban J connectivity index is 1.11. The van der Waals surface area contributed by atoms with Gasteiger partial charge >= 0.3 is 11.9 Å². The number of thioether (sulfide) groups is 1. The van der Waals surface area contributed by atoms with E-state index in [2.05, 4.69) is 20.8 Å². The summed E-state index contributed by atoms with van der Waals surface area (Å²) >= 11 is 8.61. The van der Waals surface area contributed by atoms with Crippen LogP contribution in [-0.4, -0.2) is 121 Å². The summed E-state index contributed by atoms with van der Waals surface area (Å²) < 4.78 is 0.677. The molecule has 3 amide bonds. The summed E-state index contributed by atoms with van der Waals surface area (Å²) in [6.07, 6.45) is 2.47. The maximum absolute atomic E-state index is 13.5. The van der Waals surface area contributed by atoms with Gasteiger partial charge < -0.3 is 41.0 Å². The zero-order valence-corrected chi connectivity index (χ0v) is 31.0. The lowest BCUT2D eigenvalue weighted by molar-refractivity contribution is -0.941. The molecule has 52 heavy (non-hydrogen) atoms. The number of oxime groups is 1. The summed E-state index contributed by atoms with van der Waals surface area (Å²) in [5, 5.41) is 40.2. The number of hydrogen-bond donors (Lipinski definition) is 6. The minimum absolute atomic E-state index is 0.0221. The predicted molar refractivity (Wildman–Crippen MR) is 192 cm³/mol. The van der Waals surface area contributed by atoms with Crippen LogP contribution in [0.15, 0.2) is 33.9 Å². The maximum Gasteiger partial charge on any atom is 0.352 e. The van der Waals surface area contributed by atoms with E-state index in [1.165, 1.54) is 35.9 Å². The summed E-state index contributed by atoms with van der Waals surface area (Å²) in [6, 6.07) is 2.17. The average Bonchev–Trinajstić information content (AvgIpc) is 3.54. The summed E-state index contributed by atoms with van der Waals surface area (Å²) in [7, 11) is 0. The number of piperidine rings is 3. The van der Waals surface area contributed by atoms with Crippen molar-refractivity contribution in [2.45, 2.75) is 57.1 Å². The molecule has 1 aromatic carbocycles. The van der Waals surface area contributed by atoms with Crippen molar-refractivity contribution in [2.75, 3.05) is 44.2 Å². The number of benzene rings is 1. The van der Waals surface area contributed by atoms with E-state index in [9.17, 15) is 39.3 Å². The van der Waals surface area contributed by atoms with E-state index in [0.29, 0.717) is 34.5 Å². The number of fused-ring (bicyclic) bond motifs is 4. The van der Waals surface area contributed by atoms with E-state index >= 15 is 0 Å². The lowest BCUT2D eigenvalue weighted by atomic mass is 9.70. The highest BCUT2D eigenvalue weighted by atomic mass is 35.5. The second kappa shape index (κ2) is 13.9. The lowest BCUT2D eigenvalue weighted by Crippen LogP contribution is -2.71. The fourth-order valence-corrected chi connectivity index (χ4v) is 9.24. The van der Waals surface area contributed by atoms with E-state index in [-0.39, 0.29) is 49.9 Å². The fourth-order valence-electron chi connectivity index (χ4n) is 7.05. The number of hydrogen-bond acceptors (Lipinski definition) is 12. The van der Waals surface area contributed by atoms with Gasteiger partial charge in [-0.15, -0.1) is 23.1 Å². The van der Waals surface area contributed by atoms with Crippen LogP contribution in [0, 0.1) is 12.3 Å². The molecule has 2 bridgehead atoms. The number of rotatable bonds is 12. The number of nitrogens with zero attached hydrogens (tertiary/aromatic N) is 4. The molecule has 0 radical (unpaired) electrons. The van der Waals surface area contributed by atoms with Gasteiger partial charge in [0.15, 0.2) is 10.8 Å². The van der Waals surface area contributed by atoms with Crippen molar-refractivity contribution in [3.8, 4) is 5.75 Å². The third-order valence-corrected chi connectivity index (χ3v) is 12.9. The van der Waals surface area contributed by atoms with Gasteiger partial charge in [-0.2, -0.15) is 0 Å². The van der Waals surface area contributed by atoms with Gasteiger partial charge in [-0.05, 0) is 32.4 Å². The number of carboxylic acid groups (broad SMARTS) is 2. The number of quaternary nitrogens is 1. The van der Waals surface area contributed by atoms with Gasteiger partial charge in [-0.3, -0.25) is 19.3 Å². The Hall–Kier alpha value is -4.39. The number of carboxylic acids is 2. The van der Waals surface area contributed by atoms with Crippen LogP contribution in [0.1, 0.15) is 54.7 Å². The number of halogens is 1. The molecule has 0 unspecified atom stereocenters. The monoisotopic (exact) mass is 776 g/mol. The van der Waals surface area contributed by atoms with E-state index < -0.39 is 40.8 Å². The van der Waals surface area contributed by atoms with Crippen LogP contribution in [0.3, 0.4) is 0 Å². The van der Waals surface area contributed by atoms with Crippen LogP contribution >= 0.6 is 34.7 Å². The lowest BCUT2D eigenvalue weighted by Gasteiger charge is -2.56. The number of nitrogens with two attached hydrogens (primary N) is 1. The maximum atomic E-state index is 13.5. The summed E-state index contributed by atoms with van der Waals surface area (Å²) in [6.45, 7) is 7.46. The van der Waals surface area contributed by atoms with Crippen molar-refractivity contribution in [3.05, 3.63) is 50.6 Å². The molecule has 19 heteroatoms. The molecular formula is C33H39ClN7O9S2+. The Bertz CT molecular complexity index is 1910.